The quantitative estimate of drug-likeness (QED) is 0.730. The minimum Gasteiger partial charge on any atom is -0.439 e. The highest BCUT2D eigenvalue weighted by atomic mass is 32.1. The normalized spacial score (nSPS) is 9.77. The SMILES string of the molecule is N#CCc1ncc(-c2cccs2)o1. The van der Waals surface area contributed by atoms with Crippen molar-refractivity contribution in [3.05, 3.63) is 29.6 Å². The summed E-state index contributed by atoms with van der Waals surface area (Å²) in [6, 6.07) is 5.90. The lowest BCUT2D eigenvalue weighted by molar-refractivity contribution is 0.524. The van der Waals surface area contributed by atoms with Crippen LogP contribution in [0.25, 0.3) is 10.6 Å². The molecule has 2 rings (SSSR count). The first-order chi connectivity index (χ1) is 6.40. The Labute approximate surface area is 79.3 Å². The number of rotatable bonds is 2. The van der Waals surface area contributed by atoms with Crippen molar-refractivity contribution in [2.75, 3.05) is 0 Å². The maximum absolute atomic E-state index is 8.41. The van der Waals surface area contributed by atoms with Crippen LogP contribution in [0.1, 0.15) is 5.89 Å². The lowest BCUT2D eigenvalue weighted by Gasteiger charge is -1.86. The van der Waals surface area contributed by atoms with Gasteiger partial charge in [-0.2, -0.15) is 5.26 Å². The second-order valence-electron chi connectivity index (χ2n) is 2.43. The van der Waals surface area contributed by atoms with Crippen molar-refractivity contribution in [2.45, 2.75) is 6.42 Å². The highest BCUT2D eigenvalue weighted by Gasteiger charge is 2.05. The molecule has 0 aliphatic rings. The predicted molar refractivity (Wildman–Crippen MR) is 49.1 cm³/mol. The van der Waals surface area contributed by atoms with Crippen molar-refractivity contribution in [2.24, 2.45) is 0 Å². The average Bonchev–Trinajstić information content (AvgIpc) is 2.70. The van der Waals surface area contributed by atoms with Gasteiger partial charge in [0.05, 0.1) is 17.1 Å². The highest BCUT2D eigenvalue weighted by Crippen LogP contribution is 2.24. The second kappa shape index (κ2) is 3.42. The number of hydrogen-bond donors (Lipinski definition) is 0. The summed E-state index contributed by atoms with van der Waals surface area (Å²) in [6.45, 7) is 0. The Kier molecular flexibility index (Phi) is 2.11. The third-order valence-electron chi connectivity index (χ3n) is 1.55. The molecule has 0 fully saturated rings. The zero-order valence-electron chi connectivity index (χ0n) is 6.73. The number of nitrogens with zero attached hydrogens (tertiary/aromatic N) is 2. The van der Waals surface area contributed by atoms with E-state index in [0.717, 1.165) is 10.6 Å². The minimum atomic E-state index is 0.228. The third kappa shape index (κ3) is 1.60. The van der Waals surface area contributed by atoms with Crippen molar-refractivity contribution >= 4 is 11.3 Å². The molecule has 0 atom stereocenters. The first-order valence-electron chi connectivity index (χ1n) is 3.75. The van der Waals surface area contributed by atoms with Crippen LogP contribution < -0.4 is 0 Å². The molecule has 0 bridgehead atoms. The van der Waals surface area contributed by atoms with Crippen molar-refractivity contribution < 1.29 is 4.42 Å². The zero-order valence-corrected chi connectivity index (χ0v) is 7.54. The fraction of sp³-hybridized carbons (Fsp3) is 0.111. The summed E-state index contributed by atoms with van der Waals surface area (Å²) in [5.41, 5.74) is 0. The molecule has 2 heterocycles. The van der Waals surface area contributed by atoms with Gasteiger partial charge in [0, 0.05) is 0 Å². The predicted octanol–water partition coefficient (Wildman–Crippen LogP) is 2.47. The lowest BCUT2D eigenvalue weighted by atomic mass is 10.4. The molecule has 0 saturated heterocycles. The summed E-state index contributed by atoms with van der Waals surface area (Å²) < 4.78 is 5.35. The van der Waals surface area contributed by atoms with Crippen molar-refractivity contribution in [1.82, 2.24) is 4.98 Å². The van der Waals surface area contributed by atoms with E-state index in [0.29, 0.717) is 5.89 Å². The fourth-order valence-electron chi connectivity index (χ4n) is 0.992. The summed E-state index contributed by atoms with van der Waals surface area (Å²) in [4.78, 5) is 5.02. The molecule has 0 saturated carbocycles. The molecule has 0 aliphatic heterocycles. The van der Waals surface area contributed by atoms with Gasteiger partial charge < -0.3 is 4.42 Å². The van der Waals surface area contributed by atoms with Crippen LogP contribution in [0.15, 0.2) is 28.1 Å². The molecule has 0 N–H and O–H groups in total. The molecule has 0 radical (unpaired) electrons. The summed E-state index contributed by atoms with van der Waals surface area (Å²) in [5.74, 6) is 1.21. The van der Waals surface area contributed by atoms with Crippen LogP contribution in [0.5, 0.6) is 0 Å². The molecular formula is C9H6N2OS. The van der Waals surface area contributed by atoms with Crippen LogP contribution in [-0.4, -0.2) is 4.98 Å². The van der Waals surface area contributed by atoms with E-state index in [1.165, 1.54) is 0 Å². The molecule has 13 heavy (non-hydrogen) atoms. The van der Waals surface area contributed by atoms with E-state index in [-0.39, 0.29) is 6.42 Å². The Balaban J connectivity index is 2.29. The van der Waals surface area contributed by atoms with Gasteiger partial charge in [-0.25, -0.2) is 4.98 Å². The van der Waals surface area contributed by atoms with Crippen LogP contribution >= 0.6 is 11.3 Å². The Hall–Kier alpha value is -1.60. The summed E-state index contributed by atoms with van der Waals surface area (Å²) in [6.07, 6.45) is 1.88. The smallest absolute Gasteiger partial charge is 0.209 e. The Morgan fingerprint density at radius 2 is 2.54 bits per heavy atom. The molecule has 0 aliphatic carbocycles. The van der Waals surface area contributed by atoms with Crippen molar-refractivity contribution in [3.8, 4) is 16.7 Å². The number of thiophene rings is 1. The fourth-order valence-corrected chi connectivity index (χ4v) is 1.66. The number of aromatic nitrogens is 1. The Morgan fingerprint density at radius 1 is 1.62 bits per heavy atom. The summed E-state index contributed by atoms with van der Waals surface area (Å²) >= 11 is 1.59. The summed E-state index contributed by atoms with van der Waals surface area (Å²) in [7, 11) is 0. The van der Waals surface area contributed by atoms with Gasteiger partial charge in [-0.05, 0) is 11.4 Å². The van der Waals surface area contributed by atoms with E-state index in [1.54, 1.807) is 17.5 Å². The standard InChI is InChI=1S/C9H6N2OS/c10-4-3-9-11-6-7(12-9)8-2-1-5-13-8/h1-2,5-6H,3H2. The van der Waals surface area contributed by atoms with Gasteiger partial charge in [-0.3, -0.25) is 0 Å². The van der Waals surface area contributed by atoms with Gasteiger partial charge in [0.15, 0.2) is 5.76 Å². The minimum absolute atomic E-state index is 0.228. The number of hydrogen-bond acceptors (Lipinski definition) is 4. The zero-order chi connectivity index (χ0) is 9.10. The first kappa shape index (κ1) is 8.02. The van der Waals surface area contributed by atoms with E-state index in [1.807, 2.05) is 23.6 Å². The summed E-state index contributed by atoms with van der Waals surface area (Å²) in [5, 5.41) is 10.4. The Bertz CT molecular complexity index is 425. The van der Waals surface area contributed by atoms with Gasteiger partial charge in [0.2, 0.25) is 5.89 Å². The van der Waals surface area contributed by atoms with Gasteiger partial charge in [-0.1, -0.05) is 6.07 Å². The van der Waals surface area contributed by atoms with E-state index in [2.05, 4.69) is 4.98 Å². The van der Waals surface area contributed by atoms with Crippen LogP contribution in [0.4, 0.5) is 0 Å². The number of nitriles is 1. The Morgan fingerprint density at radius 3 is 3.23 bits per heavy atom. The molecule has 64 valence electrons. The van der Waals surface area contributed by atoms with Crippen LogP contribution in [-0.2, 0) is 6.42 Å². The maximum atomic E-state index is 8.41. The van der Waals surface area contributed by atoms with E-state index < -0.39 is 0 Å². The van der Waals surface area contributed by atoms with Crippen LogP contribution in [0.2, 0.25) is 0 Å². The van der Waals surface area contributed by atoms with E-state index >= 15 is 0 Å². The third-order valence-corrected chi connectivity index (χ3v) is 2.43. The molecule has 0 amide bonds. The molecular weight excluding hydrogens is 184 g/mol. The van der Waals surface area contributed by atoms with Gasteiger partial charge in [0.1, 0.15) is 6.42 Å². The molecule has 2 aromatic rings. The molecule has 2 aromatic heterocycles. The monoisotopic (exact) mass is 190 g/mol. The second-order valence-corrected chi connectivity index (χ2v) is 3.38. The van der Waals surface area contributed by atoms with Crippen LogP contribution in [0, 0.1) is 11.3 Å². The van der Waals surface area contributed by atoms with Gasteiger partial charge >= 0.3 is 0 Å². The van der Waals surface area contributed by atoms with Gasteiger partial charge in [-0.15, -0.1) is 11.3 Å². The van der Waals surface area contributed by atoms with E-state index in [9.17, 15) is 0 Å². The van der Waals surface area contributed by atoms with Crippen molar-refractivity contribution in [3.63, 3.8) is 0 Å². The topological polar surface area (TPSA) is 49.8 Å². The molecule has 0 aromatic carbocycles. The molecule has 0 unspecified atom stereocenters. The van der Waals surface area contributed by atoms with Crippen molar-refractivity contribution in [1.29, 1.82) is 5.26 Å². The largest absolute Gasteiger partial charge is 0.439 e. The van der Waals surface area contributed by atoms with Crippen LogP contribution in [0.3, 0.4) is 0 Å². The average molecular weight is 190 g/mol. The lowest BCUT2D eigenvalue weighted by Crippen LogP contribution is -1.76. The molecule has 3 nitrogen and oxygen atoms in total. The first-order valence-corrected chi connectivity index (χ1v) is 4.63. The highest BCUT2D eigenvalue weighted by molar-refractivity contribution is 7.13. The van der Waals surface area contributed by atoms with Gasteiger partial charge in [0.25, 0.3) is 0 Å². The number of oxazole rings is 1. The van der Waals surface area contributed by atoms with E-state index in [4.69, 9.17) is 9.68 Å². The maximum Gasteiger partial charge on any atom is 0.209 e. The molecule has 4 heteroatoms. The molecule has 0 spiro atoms.